The third-order valence-electron chi connectivity index (χ3n) is 5.38. The van der Waals surface area contributed by atoms with E-state index in [0.29, 0.717) is 16.6 Å². The molecule has 0 saturated heterocycles. The lowest BCUT2D eigenvalue weighted by atomic mass is 9.91. The highest BCUT2D eigenvalue weighted by Crippen LogP contribution is 2.31. The number of amidine groups is 1. The van der Waals surface area contributed by atoms with E-state index in [0.717, 1.165) is 16.8 Å². The predicted octanol–water partition coefficient (Wildman–Crippen LogP) is 6.70. The average Bonchev–Trinajstić information content (AvgIpc) is 3.28. The van der Waals surface area contributed by atoms with Gasteiger partial charge in [0.15, 0.2) is 5.84 Å². The van der Waals surface area contributed by atoms with Crippen molar-refractivity contribution in [3.63, 3.8) is 0 Å². The topological polar surface area (TPSA) is 85.9 Å². The quantitative estimate of drug-likeness (QED) is 0.278. The van der Waals surface area contributed by atoms with E-state index >= 15 is 0 Å². The molecule has 1 N–H and O–H groups in total. The smallest absolute Gasteiger partial charge is 0.284 e. The zero-order valence-corrected chi connectivity index (χ0v) is 22.7. The lowest BCUT2D eigenvalue weighted by molar-refractivity contribution is 0.481. The lowest BCUT2D eigenvalue weighted by Crippen LogP contribution is -2.32. The van der Waals surface area contributed by atoms with Crippen molar-refractivity contribution < 1.29 is 8.42 Å². The van der Waals surface area contributed by atoms with Crippen molar-refractivity contribution in [1.82, 2.24) is 5.01 Å². The van der Waals surface area contributed by atoms with Crippen molar-refractivity contribution in [2.75, 3.05) is 6.54 Å². The molecule has 0 aliphatic carbocycles. The summed E-state index contributed by atoms with van der Waals surface area (Å²) in [5.41, 5.74) is 2.63. The number of sulfonamides is 1. The molecule has 1 heterocycles. The SMILES string of the molecule is CC(C)SC(=N)/C(=N\S(=O)(=O)c1ccc(Cl)cc1)N1CC(c2ccccc2)C(c2ccc(Cl)cc2)=N1. The van der Waals surface area contributed by atoms with E-state index in [4.69, 9.17) is 33.7 Å². The first kappa shape index (κ1) is 26.4. The van der Waals surface area contributed by atoms with E-state index in [9.17, 15) is 8.42 Å². The Morgan fingerprint density at radius 1 is 1.00 bits per heavy atom. The van der Waals surface area contributed by atoms with E-state index < -0.39 is 10.0 Å². The summed E-state index contributed by atoms with van der Waals surface area (Å²) in [7, 11) is -4.12. The number of halogens is 2. The molecule has 0 spiro atoms. The standard InChI is InChI=1S/C26H24Cl2N4O2S2/c1-17(2)35-25(29)26(31-36(33,34)22-14-12-21(28)13-15-22)32-16-23(18-6-4-3-5-7-18)24(30-32)19-8-10-20(27)11-9-19/h3-15,17,23,29H,16H2,1-2H3/b29-25?,31-26+. The number of hydrazone groups is 1. The largest absolute Gasteiger partial charge is 0.291 e. The molecule has 10 heteroatoms. The Labute approximate surface area is 225 Å². The molecule has 36 heavy (non-hydrogen) atoms. The van der Waals surface area contributed by atoms with E-state index in [1.807, 2.05) is 56.3 Å². The minimum Gasteiger partial charge on any atom is -0.291 e. The summed E-state index contributed by atoms with van der Waals surface area (Å²) in [4.78, 5) is -0.00698. The molecule has 3 aromatic rings. The first-order chi connectivity index (χ1) is 17.1. The third kappa shape index (κ3) is 6.18. The summed E-state index contributed by atoms with van der Waals surface area (Å²) >= 11 is 13.3. The van der Waals surface area contributed by atoms with Crippen LogP contribution >= 0.6 is 35.0 Å². The Morgan fingerprint density at radius 2 is 1.58 bits per heavy atom. The van der Waals surface area contributed by atoms with Gasteiger partial charge in [-0.05, 0) is 47.5 Å². The molecule has 0 fully saturated rings. The van der Waals surface area contributed by atoms with Gasteiger partial charge < -0.3 is 0 Å². The Morgan fingerprint density at radius 3 is 2.17 bits per heavy atom. The molecule has 4 rings (SSSR count). The molecule has 0 amide bonds. The van der Waals surface area contributed by atoms with Gasteiger partial charge in [-0.25, -0.2) is 5.01 Å². The molecule has 0 aromatic heterocycles. The molecular formula is C26H24Cl2N4O2S2. The van der Waals surface area contributed by atoms with Crippen LogP contribution < -0.4 is 0 Å². The molecule has 1 aliphatic heterocycles. The number of nitrogens with one attached hydrogen (secondary N) is 1. The van der Waals surface area contributed by atoms with Crippen molar-refractivity contribution in [1.29, 1.82) is 5.41 Å². The highest BCUT2D eigenvalue weighted by molar-refractivity contribution is 8.16. The van der Waals surface area contributed by atoms with E-state index in [-0.39, 0.29) is 26.9 Å². The molecule has 1 aliphatic rings. The molecule has 0 saturated carbocycles. The number of rotatable bonds is 5. The molecule has 186 valence electrons. The Balaban J connectivity index is 1.81. The fourth-order valence-corrected chi connectivity index (χ4v) is 5.77. The zero-order chi connectivity index (χ0) is 25.9. The zero-order valence-electron chi connectivity index (χ0n) is 19.6. The first-order valence-corrected chi connectivity index (χ1v) is 14.2. The summed E-state index contributed by atoms with van der Waals surface area (Å²) in [6.45, 7) is 4.20. The highest BCUT2D eigenvalue weighted by atomic mass is 35.5. The van der Waals surface area contributed by atoms with Gasteiger partial charge in [-0.2, -0.15) is 13.5 Å². The molecule has 0 bridgehead atoms. The molecule has 1 unspecified atom stereocenters. The number of hydrogen-bond acceptors (Lipinski definition) is 5. The van der Waals surface area contributed by atoms with Gasteiger partial charge in [0.2, 0.25) is 0 Å². The maximum atomic E-state index is 13.2. The summed E-state index contributed by atoms with van der Waals surface area (Å²) in [6.07, 6.45) is 0. The molecule has 3 aromatic carbocycles. The summed E-state index contributed by atoms with van der Waals surface area (Å²) in [5.74, 6) is -0.179. The Hall–Kier alpha value is -2.65. The van der Waals surface area contributed by atoms with Crippen LogP contribution in [-0.2, 0) is 10.0 Å². The third-order valence-corrected chi connectivity index (χ3v) is 8.05. The van der Waals surface area contributed by atoms with Crippen LogP contribution in [0, 0.1) is 5.41 Å². The number of thioether (sulfide) groups is 1. The average molecular weight is 560 g/mol. The second-order valence-electron chi connectivity index (χ2n) is 8.38. The predicted molar refractivity (Wildman–Crippen MR) is 150 cm³/mol. The Kier molecular flexibility index (Phi) is 8.20. The number of benzene rings is 3. The van der Waals surface area contributed by atoms with Crippen LogP contribution in [0.25, 0.3) is 0 Å². The number of nitrogens with zero attached hydrogens (tertiary/aromatic N) is 3. The van der Waals surface area contributed by atoms with Crippen LogP contribution in [0.4, 0.5) is 0 Å². The van der Waals surface area contributed by atoms with Gasteiger partial charge in [0.1, 0.15) is 5.04 Å². The van der Waals surface area contributed by atoms with Gasteiger partial charge in [0.05, 0.1) is 17.2 Å². The summed E-state index contributed by atoms with van der Waals surface area (Å²) < 4.78 is 30.5. The second-order valence-corrected chi connectivity index (χ2v) is 12.4. The van der Waals surface area contributed by atoms with Gasteiger partial charge in [0, 0.05) is 21.2 Å². The van der Waals surface area contributed by atoms with E-state index in [2.05, 4.69) is 4.40 Å². The van der Waals surface area contributed by atoms with Gasteiger partial charge in [-0.3, -0.25) is 5.41 Å². The van der Waals surface area contributed by atoms with Crippen LogP contribution in [-0.4, -0.2) is 41.8 Å². The maximum absolute atomic E-state index is 13.2. The molecule has 0 radical (unpaired) electrons. The highest BCUT2D eigenvalue weighted by Gasteiger charge is 2.34. The van der Waals surface area contributed by atoms with E-state index in [1.54, 1.807) is 12.1 Å². The number of hydrogen-bond donors (Lipinski definition) is 1. The molecule has 1 atom stereocenters. The molecular weight excluding hydrogens is 535 g/mol. The van der Waals surface area contributed by atoms with Crippen LogP contribution in [0.2, 0.25) is 10.0 Å². The van der Waals surface area contributed by atoms with Crippen molar-refractivity contribution >= 4 is 61.6 Å². The van der Waals surface area contributed by atoms with Crippen molar-refractivity contribution in [2.24, 2.45) is 9.50 Å². The maximum Gasteiger partial charge on any atom is 0.284 e. The van der Waals surface area contributed by atoms with E-state index in [1.165, 1.54) is 41.0 Å². The van der Waals surface area contributed by atoms with Gasteiger partial charge in [0.25, 0.3) is 10.0 Å². The summed E-state index contributed by atoms with van der Waals surface area (Å²) in [5, 5.41) is 16.1. The fourth-order valence-electron chi connectivity index (χ4n) is 3.73. The minimum atomic E-state index is -4.12. The fraction of sp³-hybridized carbons (Fsp3) is 0.192. The first-order valence-electron chi connectivity index (χ1n) is 11.2. The van der Waals surface area contributed by atoms with Crippen LogP contribution in [0.15, 0.2) is 93.3 Å². The molecule has 6 nitrogen and oxygen atoms in total. The normalized spacial score (nSPS) is 16.4. The van der Waals surface area contributed by atoms with Crippen LogP contribution in [0.1, 0.15) is 30.9 Å². The van der Waals surface area contributed by atoms with Crippen LogP contribution in [0.5, 0.6) is 0 Å². The minimum absolute atomic E-state index is 0.00698. The van der Waals surface area contributed by atoms with Gasteiger partial charge in [-0.15, -0.1) is 16.2 Å². The van der Waals surface area contributed by atoms with Gasteiger partial charge in [-0.1, -0.05) is 79.5 Å². The Bertz CT molecular complexity index is 1410. The van der Waals surface area contributed by atoms with Crippen LogP contribution in [0.3, 0.4) is 0 Å². The van der Waals surface area contributed by atoms with Crippen molar-refractivity contribution in [2.45, 2.75) is 29.9 Å². The van der Waals surface area contributed by atoms with Crippen molar-refractivity contribution in [3.05, 3.63) is 100 Å². The van der Waals surface area contributed by atoms with Gasteiger partial charge >= 0.3 is 0 Å². The monoisotopic (exact) mass is 558 g/mol. The van der Waals surface area contributed by atoms with Crippen molar-refractivity contribution in [3.8, 4) is 0 Å². The summed E-state index contributed by atoms with van der Waals surface area (Å²) in [6, 6.07) is 23.0. The second kappa shape index (κ2) is 11.2. The lowest BCUT2D eigenvalue weighted by Gasteiger charge is -2.19.